The highest BCUT2D eigenvalue weighted by Crippen LogP contribution is 2.26. The van der Waals surface area contributed by atoms with Crippen LogP contribution < -0.4 is 10.6 Å². The molecule has 0 aliphatic rings. The molecular weight excluding hydrogens is 523 g/mol. The third kappa shape index (κ3) is 6.98. The van der Waals surface area contributed by atoms with E-state index in [-0.39, 0.29) is 24.0 Å². The first-order valence-corrected chi connectivity index (χ1v) is 10.2. The molecule has 3 rings (SSSR count). The predicted molar refractivity (Wildman–Crippen MR) is 129 cm³/mol. The zero-order chi connectivity index (χ0) is 19.9. The van der Waals surface area contributed by atoms with Gasteiger partial charge in [0.2, 0.25) is 5.89 Å². The minimum Gasteiger partial charge on any atom is -0.444 e. The summed E-state index contributed by atoms with van der Waals surface area (Å²) in [6.45, 7) is 5.43. The molecule has 156 valence electrons. The van der Waals surface area contributed by atoms with Gasteiger partial charge in [-0.2, -0.15) is 0 Å². The van der Waals surface area contributed by atoms with Crippen LogP contribution in [0.15, 0.2) is 52.1 Å². The Morgan fingerprint density at radius 3 is 2.66 bits per heavy atom. The fourth-order valence-corrected chi connectivity index (χ4v) is 3.56. The summed E-state index contributed by atoms with van der Waals surface area (Å²) in [6.07, 6.45) is 0.964. The van der Waals surface area contributed by atoms with Crippen molar-refractivity contribution >= 4 is 52.9 Å². The number of hydrogen-bond acceptors (Lipinski definition) is 5. The quantitative estimate of drug-likeness (QED) is 0.226. The first-order valence-electron chi connectivity index (χ1n) is 9.02. The van der Waals surface area contributed by atoms with Gasteiger partial charge in [-0.1, -0.05) is 29.3 Å². The Labute approximate surface area is 196 Å². The number of aryl methyl sites for hydroxylation is 1. The highest BCUT2D eigenvalue weighted by atomic mass is 127. The summed E-state index contributed by atoms with van der Waals surface area (Å²) in [5, 5.41) is 16.6. The molecule has 9 heteroatoms. The molecule has 0 radical (unpaired) electrons. The van der Waals surface area contributed by atoms with E-state index in [1.807, 2.05) is 44.2 Å². The number of nitrogens with one attached hydrogen (secondary N) is 2. The Morgan fingerprint density at radius 1 is 1.24 bits per heavy atom. The van der Waals surface area contributed by atoms with Crippen molar-refractivity contribution < 1.29 is 9.52 Å². The number of aliphatic imine (C=N–C) groups is 1. The van der Waals surface area contributed by atoms with Crippen LogP contribution in [0, 0.1) is 6.92 Å². The lowest BCUT2D eigenvalue weighted by Gasteiger charge is -2.14. The second kappa shape index (κ2) is 11.5. The van der Waals surface area contributed by atoms with Gasteiger partial charge in [-0.25, -0.2) is 9.98 Å². The van der Waals surface area contributed by atoms with Crippen molar-refractivity contribution in [3.05, 3.63) is 63.1 Å². The maximum absolute atomic E-state index is 10.3. The number of rotatable bonds is 7. The molecule has 2 heterocycles. The molecule has 6 nitrogen and oxygen atoms in total. The van der Waals surface area contributed by atoms with Crippen molar-refractivity contribution in [1.82, 2.24) is 15.6 Å². The summed E-state index contributed by atoms with van der Waals surface area (Å²) < 4.78 is 6.23. The van der Waals surface area contributed by atoms with Crippen molar-refractivity contribution in [2.75, 3.05) is 13.1 Å². The van der Waals surface area contributed by atoms with Crippen LogP contribution in [0.4, 0.5) is 0 Å². The van der Waals surface area contributed by atoms with Gasteiger partial charge in [-0.15, -0.1) is 35.3 Å². The fourth-order valence-electron chi connectivity index (χ4n) is 2.51. The number of oxazole rings is 1. The summed E-state index contributed by atoms with van der Waals surface area (Å²) in [6, 6.07) is 11.6. The normalized spacial score (nSPS) is 12.3. The lowest BCUT2D eigenvalue weighted by Crippen LogP contribution is -2.39. The first kappa shape index (κ1) is 23.7. The molecule has 29 heavy (non-hydrogen) atoms. The molecule has 1 unspecified atom stereocenters. The lowest BCUT2D eigenvalue weighted by atomic mass is 10.1. The molecule has 0 spiro atoms. The molecule has 1 aromatic carbocycles. The number of aliphatic hydroxyl groups is 1. The summed E-state index contributed by atoms with van der Waals surface area (Å²) in [5.41, 5.74) is 2.86. The van der Waals surface area contributed by atoms with Gasteiger partial charge < -0.3 is 20.2 Å². The van der Waals surface area contributed by atoms with E-state index in [9.17, 15) is 5.11 Å². The first-order chi connectivity index (χ1) is 13.5. The Kier molecular flexibility index (Phi) is 9.41. The number of benzene rings is 1. The highest BCUT2D eigenvalue weighted by molar-refractivity contribution is 14.0. The van der Waals surface area contributed by atoms with Gasteiger partial charge in [0.15, 0.2) is 5.96 Å². The molecular formula is C20H24ClIN4O2S. The third-order valence-corrected chi connectivity index (χ3v) is 5.31. The van der Waals surface area contributed by atoms with Gasteiger partial charge in [-0.05, 0) is 38.1 Å². The van der Waals surface area contributed by atoms with E-state index < -0.39 is 6.10 Å². The molecule has 0 fully saturated rings. The average Bonchev–Trinajstić information content (AvgIpc) is 3.33. The maximum atomic E-state index is 10.3. The zero-order valence-electron chi connectivity index (χ0n) is 16.2. The molecule has 0 aliphatic heterocycles. The number of nitrogens with zero attached hydrogens (tertiary/aromatic N) is 2. The number of hydrogen-bond donors (Lipinski definition) is 3. The second-order valence-electron chi connectivity index (χ2n) is 6.24. The van der Waals surface area contributed by atoms with Crippen LogP contribution in [0.25, 0.3) is 11.5 Å². The maximum Gasteiger partial charge on any atom is 0.226 e. The van der Waals surface area contributed by atoms with Crippen molar-refractivity contribution in [1.29, 1.82) is 0 Å². The van der Waals surface area contributed by atoms with E-state index in [2.05, 4.69) is 20.6 Å². The van der Waals surface area contributed by atoms with Gasteiger partial charge in [-0.3, -0.25) is 0 Å². The molecule has 1 atom stereocenters. The molecule has 0 saturated heterocycles. The SMILES string of the molecule is CCNC(=NCc1coc(-c2ccc(C)cc2)n1)NCC(O)c1ccc(Cl)s1.I. The van der Waals surface area contributed by atoms with E-state index in [1.165, 1.54) is 16.9 Å². The Balaban J connectivity index is 0.00000300. The molecule has 3 aromatic rings. The van der Waals surface area contributed by atoms with Crippen LogP contribution in [-0.4, -0.2) is 29.1 Å². The fraction of sp³-hybridized carbons (Fsp3) is 0.300. The zero-order valence-corrected chi connectivity index (χ0v) is 20.1. The van der Waals surface area contributed by atoms with E-state index in [1.54, 1.807) is 12.3 Å². The van der Waals surface area contributed by atoms with Crippen LogP contribution in [0.3, 0.4) is 0 Å². The Morgan fingerprint density at radius 2 is 2.00 bits per heavy atom. The van der Waals surface area contributed by atoms with Gasteiger partial charge in [0.25, 0.3) is 0 Å². The Bertz CT molecular complexity index is 927. The van der Waals surface area contributed by atoms with E-state index in [0.717, 1.165) is 16.1 Å². The number of aromatic nitrogens is 1. The van der Waals surface area contributed by atoms with E-state index in [0.29, 0.717) is 35.8 Å². The van der Waals surface area contributed by atoms with Gasteiger partial charge in [0.1, 0.15) is 18.1 Å². The highest BCUT2D eigenvalue weighted by Gasteiger charge is 2.11. The number of guanidine groups is 1. The summed E-state index contributed by atoms with van der Waals surface area (Å²) in [7, 11) is 0. The predicted octanol–water partition coefficient (Wildman–Crippen LogP) is 4.77. The third-order valence-electron chi connectivity index (χ3n) is 3.98. The minimum absolute atomic E-state index is 0. The summed E-state index contributed by atoms with van der Waals surface area (Å²) in [4.78, 5) is 9.82. The monoisotopic (exact) mass is 546 g/mol. The van der Waals surface area contributed by atoms with Gasteiger partial charge in [0.05, 0.1) is 10.9 Å². The summed E-state index contributed by atoms with van der Waals surface area (Å²) >= 11 is 7.29. The minimum atomic E-state index is -0.651. The van der Waals surface area contributed by atoms with E-state index in [4.69, 9.17) is 16.0 Å². The van der Waals surface area contributed by atoms with Crippen LogP contribution >= 0.6 is 46.9 Å². The molecule has 0 aliphatic carbocycles. The van der Waals surface area contributed by atoms with Crippen molar-refractivity contribution in [2.24, 2.45) is 4.99 Å². The molecule has 0 bridgehead atoms. The summed E-state index contributed by atoms with van der Waals surface area (Å²) in [5.74, 6) is 1.18. The van der Waals surface area contributed by atoms with Crippen molar-refractivity contribution in [2.45, 2.75) is 26.5 Å². The number of thiophene rings is 1. The van der Waals surface area contributed by atoms with Crippen LogP contribution in [-0.2, 0) is 6.54 Å². The topological polar surface area (TPSA) is 82.7 Å². The molecule has 0 amide bonds. The number of aliphatic hydroxyl groups excluding tert-OH is 1. The van der Waals surface area contributed by atoms with Gasteiger partial charge >= 0.3 is 0 Å². The molecule has 3 N–H and O–H groups in total. The van der Waals surface area contributed by atoms with Crippen LogP contribution in [0.2, 0.25) is 4.34 Å². The molecule has 2 aromatic heterocycles. The van der Waals surface area contributed by atoms with Crippen molar-refractivity contribution in [3.8, 4) is 11.5 Å². The van der Waals surface area contributed by atoms with Gasteiger partial charge in [0, 0.05) is 23.5 Å². The van der Waals surface area contributed by atoms with Crippen LogP contribution in [0.5, 0.6) is 0 Å². The van der Waals surface area contributed by atoms with Crippen molar-refractivity contribution in [3.63, 3.8) is 0 Å². The molecule has 0 saturated carbocycles. The second-order valence-corrected chi connectivity index (χ2v) is 7.99. The largest absolute Gasteiger partial charge is 0.444 e. The number of halogens is 2. The standard InChI is InChI=1S/C20H23ClN4O2S.HI/c1-3-22-20(24-11-16(26)17-8-9-18(21)28-17)23-10-15-12-27-19(25-15)14-6-4-13(2)5-7-14;/h4-9,12,16,26H,3,10-11H2,1-2H3,(H2,22,23,24);1H. The van der Waals surface area contributed by atoms with E-state index >= 15 is 0 Å². The average molecular weight is 547 g/mol. The lowest BCUT2D eigenvalue weighted by molar-refractivity contribution is 0.184. The Hall–Kier alpha value is -1.62. The smallest absolute Gasteiger partial charge is 0.226 e. The van der Waals surface area contributed by atoms with Crippen LogP contribution in [0.1, 0.15) is 29.2 Å².